The molecule has 0 N–H and O–H groups in total. The maximum absolute atomic E-state index is 4.27. The molecule has 2 rings (SSSR count). The molecule has 0 aromatic rings. The fraction of sp³-hybridized carbons (Fsp3) is 0.125. The first kappa shape index (κ1) is 14.9. The van der Waals surface area contributed by atoms with Gasteiger partial charge in [0.1, 0.15) is 0 Å². The summed E-state index contributed by atoms with van der Waals surface area (Å²) in [4.78, 5) is 4.27. The van der Waals surface area contributed by atoms with E-state index >= 15 is 0 Å². The molecule has 0 aromatic heterocycles. The van der Waals surface area contributed by atoms with E-state index in [0.717, 1.165) is 11.4 Å². The third-order valence-electron chi connectivity index (χ3n) is 1.49. The predicted molar refractivity (Wildman–Crippen MR) is 38.4 cm³/mol. The van der Waals surface area contributed by atoms with Crippen molar-refractivity contribution in [3.05, 3.63) is 35.6 Å². The molecule has 0 fully saturated rings. The van der Waals surface area contributed by atoms with Gasteiger partial charge in [-0.3, -0.25) is 4.99 Å². The van der Waals surface area contributed by atoms with Crippen LogP contribution >= 0.6 is 0 Å². The molecule has 12 heavy (non-hydrogen) atoms. The Balaban J connectivity index is 0. The van der Waals surface area contributed by atoms with Gasteiger partial charge in [0.05, 0.1) is 5.70 Å². The molecule has 4 heteroatoms. The molecule has 62 valence electrons. The number of nitrogens with zero attached hydrogens (tertiary/aromatic N) is 1. The second-order valence-corrected chi connectivity index (χ2v) is 2.26. The quantitative estimate of drug-likeness (QED) is 0.427. The third kappa shape index (κ3) is 2.69. The van der Waals surface area contributed by atoms with E-state index < -0.39 is 0 Å². The average molecular weight is 279 g/mol. The van der Waals surface area contributed by atoms with E-state index in [0.29, 0.717) is 0 Å². The number of allylic oxidation sites excluding steroid dienone is 4. The third-order valence-corrected chi connectivity index (χ3v) is 1.49. The van der Waals surface area contributed by atoms with Crippen molar-refractivity contribution in [3.8, 4) is 0 Å². The van der Waals surface area contributed by atoms with Crippen LogP contribution in [0.25, 0.3) is 0 Å². The van der Waals surface area contributed by atoms with Crippen LogP contribution in [0, 0.1) is 0 Å². The van der Waals surface area contributed by atoms with Gasteiger partial charge in [-0.2, -0.15) is 0 Å². The van der Waals surface area contributed by atoms with Gasteiger partial charge in [0, 0.05) is 11.3 Å². The topological polar surface area (TPSA) is 12.4 Å². The number of hydrogen-bond acceptors (Lipinski definition) is 1. The molecule has 1 aliphatic carbocycles. The zero-order valence-electron chi connectivity index (χ0n) is 6.51. The first-order chi connectivity index (χ1) is 4.36. The monoisotopic (exact) mass is 277 g/mol. The first-order valence-electron chi connectivity index (χ1n) is 3.02. The van der Waals surface area contributed by atoms with E-state index in [1.165, 1.54) is 5.57 Å². The second kappa shape index (κ2) is 5.91. The van der Waals surface area contributed by atoms with E-state index in [-0.39, 0.29) is 51.0 Å². The molecule has 0 bridgehead atoms. The Kier molecular flexibility index (Phi) is 7.31. The van der Waals surface area contributed by atoms with Gasteiger partial charge in [0.2, 0.25) is 0 Å². The molecule has 0 saturated heterocycles. The molecule has 1 aliphatic heterocycles. The second-order valence-electron chi connectivity index (χ2n) is 2.26. The van der Waals surface area contributed by atoms with Crippen LogP contribution in [0.4, 0.5) is 0 Å². The normalized spacial score (nSPS) is 15.9. The molecule has 0 atom stereocenters. The smallest absolute Gasteiger partial charge is 1.00 e. The van der Waals surface area contributed by atoms with E-state index in [2.05, 4.69) is 17.1 Å². The van der Waals surface area contributed by atoms with Crippen LogP contribution in [0.3, 0.4) is 0 Å². The van der Waals surface area contributed by atoms with Crippen LogP contribution in [-0.4, -0.2) is 5.71 Å². The van der Waals surface area contributed by atoms with Crippen molar-refractivity contribution in [1.29, 1.82) is 0 Å². The zero-order valence-corrected chi connectivity index (χ0v) is 10.5. The summed E-state index contributed by atoms with van der Waals surface area (Å²) in [5, 5.41) is 0. The van der Waals surface area contributed by atoms with Gasteiger partial charge in [0.15, 0.2) is 0 Å². The van der Waals surface area contributed by atoms with Crippen molar-refractivity contribution in [2.45, 2.75) is 6.92 Å². The Bertz CT molecular complexity index is 277. The van der Waals surface area contributed by atoms with E-state index in [4.69, 9.17) is 0 Å². The number of hydrogen-bond donors (Lipinski definition) is 0. The van der Waals surface area contributed by atoms with Crippen LogP contribution in [0.15, 0.2) is 40.6 Å². The van der Waals surface area contributed by atoms with Crippen molar-refractivity contribution < 1.29 is 51.0 Å². The molecular weight excluding hydrogens is 272 g/mol. The minimum Gasteiger partial charge on any atom is -1.00 e. The van der Waals surface area contributed by atoms with E-state index in [9.17, 15) is 0 Å². The largest absolute Gasteiger partial charge is 2.00 e. The van der Waals surface area contributed by atoms with Gasteiger partial charge < -0.3 is 24.8 Å². The summed E-state index contributed by atoms with van der Waals surface area (Å²) in [7, 11) is 0. The molecular formula is C8H7Cl2NZr. The molecule has 0 amide bonds. The van der Waals surface area contributed by atoms with E-state index in [1.807, 2.05) is 19.1 Å². The van der Waals surface area contributed by atoms with Crippen molar-refractivity contribution in [3.63, 3.8) is 0 Å². The fourth-order valence-electron chi connectivity index (χ4n) is 1.10. The van der Waals surface area contributed by atoms with Gasteiger partial charge in [-0.15, -0.1) is 0 Å². The zero-order chi connectivity index (χ0) is 6.27. The Morgan fingerprint density at radius 2 is 1.92 bits per heavy atom. The SMILES string of the molecule is CC1=NC2=CC=CC2=C1.[Cl-].[Cl-].[Zr+2]. The number of halogens is 2. The molecule has 0 radical (unpaired) electrons. The van der Waals surface area contributed by atoms with Crippen LogP contribution in [0.1, 0.15) is 6.92 Å². The first-order valence-corrected chi connectivity index (χ1v) is 3.02. The van der Waals surface area contributed by atoms with Gasteiger partial charge >= 0.3 is 26.2 Å². The minimum absolute atomic E-state index is 0. The Labute approximate surface area is 104 Å². The summed E-state index contributed by atoms with van der Waals surface area (Å²) in [6.07, 6.45) is 8.23. The fourth-order valence-corrected chi connectivity index (χ4v) is 1.10. The summed E-state index contributed by atoms with van der Waals surface area (Å²) in [6.45, 7) is 2.01. The summed E-state index contributed by atoms with van der Waals surface area (Å²) in [5.74, 6) is 0. The number of rotatable bonds is 0. The van der Waals surface area contributed by atoms with Crippen molar-refractivity contribution >= 4 is 5.71 Å². The van der Waals surface area contributed by atoms with Crippen LogP contribution in [0.5, 0.6) is 0 Å². The summed E-state index contributed by atoms with van der Waals surface area (Å²) in [6, 6.07) is 0. The summed E-state index contributed by atoms with van der Waals surface area (Å²) >= 11 is 0. The average Bonchev–Trinajstić information content (AvgIpc) is 2.22. The molecule has 0 aromatic carbocycles. The molecule has 0 spiro atoms. The van der Waals surface area contributed by atoms with Crippen molar-refractivity contribution in [2.24, 2.45) is 4.99 Å². The molecule has 2 aliphatic rings. The molecule has 0 saturated carbocycles. The van der Waals surface area contributed by atoms with Crippen molar-refractivity contribution in [1.82, 2.24) is 0 Å². The standard InChI is InChI=1S/C8H7N.2ClH.Zr/c1-6-5-7-3-2-4-8(7)9-6;;;/h2-5H,1H3;2*1H;/q;;;+2/p-2. The Morgan fingerprint density at radius 3 is 2.50 bits per heavy atom. The van der Waals surface area contributed by atoms with Gasteiger partial charge in [-0.1, -0.05) is 12.2 Å². The van der Waals surface area contributed by atoms with Gasteiger partial charge in [-0.25, -0.2) is 0 Å². The molecule has 1 heterocycles. The Morgan fingerprint density at radius 1 is 1.25 bits per heavy atom. The van der Waals surface area contributed by atoms with Crippen molar-refractivity contribution in [2.75, 3.05) is 0 Å². The van der Waals surface area contributed by atoms with E-state index in [1.54, 1.807) is 0 Å². The number of fused-ring (bicyclic) bond motifs is 1. The predicted octanol–water partition coefficient (Wildman–Crippen LogP) is -4.15. The number of aliphatic imine (C=N–C) groups is 1. The minimum atomic E-state index is 0. The maximum atomic E-state index is 4.27. The van der Waals surface area contributed by atoms with Crippen LogP contribution < -0.4 is 24.8 Å². The van der Waals surface area contributed by atoms with Gasteiger partial charge in [-0.05, 0) is 19.1 Å². The summed E-state index contributed by atoms with van der Waals surface area (Å²) in [5.41, 5.74) is 3.49. The molecule has 0 unspecified atom stereocenters. The maximum Gasteiger partial charge on any atom is 2.00 e. The molecule has 1 nitrogen and oxygen atoms in total. The summed E-state index contributed by atoms with van der Waals surface area (Å²) < 4.78 is 0. The Hall–Kier alpha value is 0.353. The van der Waals surface area contributed by atoms with Crippen LogP contribution in [0.2, 0.25) is 0 Å². The van der Waals surface area contributed by atoms with Crippen LogP contribution in [-0.2, 0) is 26.2 Å². The van der Waals surface area contributed by atoms with Gasteiger partial charge in [0.25, 0.3) is 0 Å².